The monoisotopic (exact) mass is 144 g/mol. The van der Waals surface area contributed by atoms with Gasteiger partial charge in [0.15, 0.2) is 0 Å². The Hall–Kier alpha value is -0.590. The molecule has 0 aromatic rings. The molecule has 0 spiro atoms. The number of hydrogen-bond acceptors (Lipinski definition) is 2. The first-order chi connectivity index (χ1) is 4.41. The molecule has 1 aliphatic rings. The molecule has 0 amide bonds. The van der Waals surface area contributed by atoms with Gasteiger partial charge in [-0.25, -0.2) is 0 Å². The van der Waals surface area contributed by atoms with Crippen LogP contribution in [0.2, 0.25) is 0 Å². The highest BCUT2D eigenvalue weighted by Crippen LogP contribution is 1.96. The molecule has 0 unspecified atom stereocenters. The van der Waals surface area contributed by atoms with E-state index in [4.69, 9.17) is 5.26 Å². The molecule has 0 bridgehead atoms. The van der Waals surface area contributed by atoms with E-state index in [0.29, 0.717) is 0 Å². The standard InChI is InChI=1S/C5H11N.C2H3N.H2O/c1-2-4-6-5-3-1;1-2-3;/h6H,1-5H2;1H3;1H2. The summed E-state index contributed by atoms with van der Waals surface area (Å²) in [5, 5.41) is 10.6. The summed E-state index contributed by atoms with van der Waals surface area (Å²) in [4.78, 5) is 0. The van der Waals surface area contributed by atoms with Crippen LogP contribution < -0.4 is 5.32 Å². The van der Waals surface area contributed by atoms with Crippen molar-refractivity contribution in [3.8, 4) is 6.07 Å². The van der Waals surface area contributed by atoms with E-state index in [1.807, 2.05) is 0 Å². The Morgan fingerprint density at radius 2 is 1.60 bits per heavy atom. The number of nitriles is 1. The van der Waals surface area contributed by atoms with Crippen molar-refractivity contribution < 1.29 is 5.48 Å². The SMILES string of the molecule is C1CCNCC1.CC#N.O. The Morgan fingerprint density at radius 1 is 1.20 bits per heavy atom. The summed E-state index contributed by atoms with van der Waals surface area (Å²) in [6.45, 7) is 3.93. The lowest BCUT2D eigenvalue weighted by atomic mass is 10.2. The minimum atomic E-state index is 0. The third-order valence-corrected chi connectivity index (χ3v) is 1.21. The highest BCUT2D eigenvalue weighted by atomic mass is 16.0. The van der Waals surface area contributed by atoms with E-state index in [1.54, 1.807) is 6.07 Å². The highest BCUT2D eigenvalue weighted by molar-refractivity contribution is 4.55. The molecule has 1 heterocycles. The number of hydrogen-bond donors (Lipinski definition) is 1. The first kappa shape index (κ1) is 12.1. The molecular weight excluding hydrogens is 128 g/mol. The minimum absolute atomic E-state index is 0. The summed E-state index contributed by atoms with van der Waals surface area (Å²) < 4.78 is 0. The predicted octanol–water partition coefficient (Wildman–Crippen LogP) is 0.465. The molecular formula is C7H16N2O. The number of piperidine rings is 1. The van der Waals surface area contributed by atoms with Crippen LogP contribution in [0.1, 0.15) is 26.2 Å². The zero-order chi connectivity index (χ0) is 6.95. The number of rotatable bonds is 0. The summed E-state index contributed by atoms with van der Waals surface area (Å²) in [6.07, 6.45) is 4.22. The third-order valence-electron chi connectivity index (χ3n) is 1.21. The molecule has 0 aliphatic carbocycles. The van der Waals surface area contributed by atoms with E-state index in [1.165, 1.54) is 39.3 Å². The van der Waals surface area contributed by atoms with Gasteiger partial charge in [0.2, 0.25) is 0 Å². The van der Waals surface area contributed by atoms with E-state index < -0.39 is 0 Å². The van der Waals surface area contributed by atoms with Gasteiger partial charge in [-0.3, -0.25) is 0 Å². The summed E-state index contributed by atoms with van der Waals surface area (Å²) in [5.41, 5.74) is 0. The fourth-order valence-electron chi connectivity index (χ4n) is 0.802. The van der Waals surface area contributed by atoms with Crippen LogP contribution in [0.25, 0.3) is 0 Å². The fourth-order valence-corrected chi connectivity index (χ4v) is 0.802. The van der Waals surface area contributed by atoms with Gasteiger partial charge in [-0.2, -0.15) is 5.26 Å². The van der Waals surface area contributed by atoms with E-state index in [-0.39, 0.29) is 5.48 Å². The van der Waals surface area contributed by atoms with E-state index in [2.05, 4.69) is 5.32 Å². The van der Waals surface area contributed by atoms with Crippen molar-refractivity contribution in [3.63, 3.8) is 0 Å². The zero-order valence-corrected chi connectivity index (χ0v) is 6.48. The Bertz CT molecular complexity index is 72.6. The lowest BCUT2D eigenvalue weighted by molar-refractivity contribution is 0.520. The molecule has 1 saturated heterocycles. The maximum atomic E-state index is 7.32. The molecule has 0 atom stereocenters. The van der Waals surface area contributed by atoms with Gasteiger partial charge in [-0.05, 0) is 25.9 Å². The second kappa shape index (κ2) is 11.2. The molecule has 3 nitrogen and oxygen atoms in total. The molecule has 1 fully saturated rings. The Morgan fingerprint density at radius 3 is 1.70 bits per heavy atom. The average molecular weight is 144 g/mol. The first-order valence-corrected chi connectivity index (χ1v) is 3.43. The van der Waals surface area contributed by atoms with Crippen molar-refractivity contribution in [2.24, 2.45) is 0 Å². The van der Waals surface area contributed by atoms with Crippen molar-refractivity contribution in [1.29, 1.82) is 5.26 Å². The Labute approximate surface area is 62.4 Å². The first-order valence-electron chi connectivity index (χ1n) is 3.43. The van der Waals surface area contributed by atoms with Crippen LogP contribution in [0.3, 0.4) is 0 Å². The van der Waals surface area contributed by atoms with Crippen LogP contribution in [0.5, 0.6) is 0 Å². The molecule has 10 heavy (non-hydrogen) atoms. The van der Waals surface area contributed by atoms with Crippen LogP contribution in [-0.2, 0) is 0 Å². The van der Waals surface area contributed by atoms with Gasteiger partial charge in [0.1, 0.15) is 0 Å². The van der Waals surface area contributed by atoms with Gasteiger partial charge in [-0.15, -0.1) is 0 Å². The second-order valence-corrected chi connectivity index (χ2v) is 2.03. The summed E-state index contributed by atoms with van der Waals surface area (Å²) in [7, 11) is 0. The van der Waals surface area contributed by atoms with Crippen molar-refractivity contribution in [2.45, 2.75) is 26.2 Å². The lowest BCUT2D eigenvalue weighted by Crippen LogP contribution is -2.21. The lowest BCUT2D eigenvalue weighted by Gasteiger charge is -2.08. The molecule has 3 heteroatoms. The molecule has 0 radical (unpaired) electrons. The van der Waals surface area contributed by atoms with Crippen molar-refractivity contribution >= 4 is 0 Å². The molecule has 60 valence electrons. The molecule has 0 aromatic heterocycles. The van der Waals surface area contributed by atoms with Gasteiger partial charge in [0, 0.05) is 6.92 Å². The van der Waals surface area contributed by atoms with Crippen molar-refractivity contribution in [2.75, 3.05) is 13.1 Å². The van der Waals surface area contributed by atoms with Crippen LogP contribution in [0.4, 0.5) is 0 Å². The zero-order valence-electron chi connectivity index (χ0n) is 6.48. The highest BCUT2D eigenvalue weighted by Gasteiger charge is 1.93. The van der Waals surface area contributed by atoms with E-state index >= 15 is 0 Å². The molecule has 0 aromatic carbocycles. The van der Waals surface area contributed by atoms with Crippen molar-refractivity contribution in [1.82, 2.24) is 5.32 Å². The number of nitrogens with one attached hydrogen (secondary N) is 1. The minimum Gasteiger partial charge on any atom is -0.412 e. The maximum absolute atomic E-state index is 7.32. The average Bonchev–Trinajstić information content (AvgIpc) is 1.93. The fraction of sp³-hybridized carbons (Fsp3) is 0.857. The van der Waals surface area contributed by atoms with Crippen LogP contribution in [0.15, 0.2) is 0 Å². The van der Waals surface area contributed by atoms with E-state index in [9.17, 15) is 0 Å². The number of nitrogens with zero attached hydrogens (tertiary/aromatic N) is 1. The topological polar surface area (TPSA) is 67.3 Å². The quantitative estimate of drug-likeness (QED) is 0.537. The van der Waals surface area contributed by atoms with Gasteiger partial charge in [0.25, 0.3) is 0 Å². The van der Waals surface area contributed by atoms with Gasteiger partial charge in [-0.1, -0.05) is 6.42 Å². The summed E-state index contributed by atoms with van der Waals surface area (Å²) >= 11 is 0. The van der Waals surface area contributed by atoms with Gasteiger partial charge < -0.3 is 10.8 Å². The van der Waals surface area contributed by atoms with Gasteiger partial charge >= 0.3 is 0 Å². The Kier molecular flexibility index (Phi) is 13.6. The summed E-state index contributed by atoms with van der Waals surface area (Å²) in [6, 6.07) is 1.75. The molecule has 3 N–H and O–H groups in total. The summed E-state index contributed by atoms with van der Waals surface area (Å²) in [5.74, 6) is 0. The molecule has 1 aliphatic heterocycles. The molecule has 1 rings (SSSR count). The normalized spacial score (nSPS) is 15.2. The smallest absolute Gasteiger partial charge is 0.0587 e. The molecule has 0 saturated carbocycles. The van der Waals surface area contributed by atoms with Gasteiger partial charge in [0.05, 0.1) is 6.07 Å². The van der Waals surface area contributed by atoms with Crippen molar-refractivity contribution in [3.05, 3.63) is 0 Å². The second-order valence-electron chi connectivity index (χ2n) is 2.03. The van der Waals surface area contributed by atoms with Crippen LogP contribution in [-0.4, -0.2) is 18.6 Å². The third kappa shape index (κ3) is 10.4. The largest absolute Gasteiger partial charge is 0.412 e. The van der Waals surface area contributed by atoms with Crippen LogP contribution >= 0.6 is 0 Å². The van der Waals surface area contributed by atoms with Crippen LogP contribution in [0, 0.1) is 11.3 Å². The predicted molar refractivity (Wildman–Crippen MR) is 41.6 cm³/mol. The van der Waals surface area contributed by atoms with E-state index in [0.717, 1.165) is 0 Å². The maximum Gasteiger partial charge on any atom is 0.0587 e. The Balaban J connectivity index is 0.